The van der Waals surface area contributed by atoms with Crippen molar-refractivity contribution in [1.82, 2.24) is 9.78 Å². The van der Waals surface area contributed by atoms with Crippen molar-refractivity contribution in [2.45, 2.75) is 51.2 Å². The molecule has 0 atom stereocenters. The van der Waals surface area contributed by atoms with Crippen molar-refractivity contribution in [1.29, 1.82) is 0 Å². The van der Waals surface area contributed by atoms with Crippen molar-refractivity contribution in [3.05, 3.63) is 11.4 Å². The van der Waals surface area contributed by atoms with E-state index in [-0.39, 0.29) is 16.3 Å². The van der Waals surface area contributed by atoms with Crippen LogP contribution < -0.4 is 0 Å². The van der Waals surface area contributed by atoms with E-state index in [0.29, 0.717) is 0 Å². The molecule has 0 N–H and O–H groups in total. The molecule has 20 heavy (non-hydrogen) atoms. The van der Waals surface area contributed by atoms with Gasteiger partial charge < -0.3 is 0 Å². The van der Waals surface area contributed by atoms with Crippen LogP contribution in [0.2, 0.25) is 0 Å². The van der Waals surface area contributed by atoms with E-state index in [0.717, 1.165) is 0 Å². The third kappa shape index (κ3) is 3.72. The minimum Gasteiger partial charge on any atom is -0.263 e. The molecule has 5 nitrogen and oxygen atoms in total. The van der Waals surface area contributed by atoms with Gasteiger partial charge in [0.2, 0.25) is 0 Å². The standard InChI is InChI=1S/C11H17F3N2O3S/c1-7-9(8(2)16(15-7)10(3,4)5)20(17,18)19-6-11(12,13)14/h6H2,1-5H3. The summed E-state index contributed by atoms with van der Waals surface area (Å²) in [5, 5.41) is 4.07. The first kappa shape index (κ1) is 17.0. The van der Waals surface area contributed by atoms with Crippen LogP contribution in [0.3, 0.4) is 0 Å². The van der Waals surface area contributed by atoms with Gasteiger partial charge >= 0.3 is 16.3 Å². The highest BCUT2D eigenvalue weighted by Crippen LogP contribution is 2.27. The van der Waals surface area contributed by atoms with Crippen LogP contribution in [-0.4, -0.2) is 31.0 Å². The molecule has 0 aliphatic heterocycles. The van der Waals surface area contributed by atoms with Crippen LogP contribution in [0.15, 0.2) is 4.90 Å². The van der Waals surface area contributed by atoms with Crippen molar-refractivity contribution in [2.24, 2.45) is 0 Å². The Morgan fingerprint density at radius 3 is 2.05 bits per heavy atom. The highest BCUT2D eigenvalue weighted by atomic mass is 32.2. The molecule has 1 aromatic rings. The number of rotatable bonds is 3. The van der Waals surface area contributed by atoms with Gasteiger partial charge in [-0.1, -0.05) is 0 Å². The van der Waals surface area contributed by atoms with E-state index >= 15 is 0 Å². The summed E-state index contributed by atoms with van der Waals surface area (Å²) in [7, 11) is -4.50. The summed E-state index contributed by atoms with van der Waals surface area (Å²) in [6.45, 7) is 6.46. The molecular formula is C11H17F3N2O3S. The van der Waals surface area contributed by atoms with Crippen LogP contribution >= 0.6 is 0 Å². The minimum absolute atomic E-state index is 0.111. The molecule has 0 saturated carbocycles. The van der Waals surface area contributed by atoms with Gasteiger partial charge in [-0.3, -0.25) is 8.86 Å². The van der Waals surface area contributed by atoms with Gasteiger partial charge in [-0.25, -0.2) is 0 Å². The maximum Gasteiger partial charge on any atom is 0.413 e. The van der Waals surface area contributed by atoms with Crippen molar-refractivity contribution < 1.29 is 25.8 Å². The second kappa shape index (κ2) is 5.03. The number of aromatic nitrogens is 2. The van der Waals surface area contributed by atoms with Crippen LogP contribution in [0.1, 0.15) is 32.2 Å². The summed E-state index contributed by atoms with van der Waals surface area (Å²) in [5.74, 6) is 0. The summed E-state index contributed by atoms with van der Waals surface area (Å²) in [4.78, 5) is -0.309. The zero-order valence-electron chi connectivity index (χ0n) is 11.9. The molecule has 0 aromatic carbocycles. The van der Waals surface area contributed by atoms with Gasteiger partial charge in [0, 0.05) is 0 Å². The number of nitrogens with zero attached hydrogens (tertiary/aromatic N) is 2. The van der Waals surface area contributed by atoms with Gasteiger partial charge in [-0.2, -0.15) is 26.7 Å². The molecule has 0 aliphatic carbocycles. The first-order chi connectivity index (χ1) is 8.76. The molecule has 1 rings (SSSR count). The van der Waals surface area contributed by atoms with Gasteiger partial charge in [0.1, 0.15) is 4.90 Å². The molecule has 1 aromatic heterocycles. The summed E-state index contributed by atoms with van der Waals surface area (Å²) < 4.78 is 65.5. The second-order valence-corrected chi connectivity index (χ2v) is 6.97. The van der Waals surface area contributed by atoms with Crippen molar-refractivity contribution in [2.75, 3.05) is 6.61 Å². The van der Waals surface area contributed by atoms with E-state index in [1.807, 2.05) is 0 Å². The van der Waals surface area contributed by atoms with Crippen molar-refractivity contribution >= 4 is 10.1 Å². The van der Waals surface area contributed by atoms with Crippen molar-refractivity contribution in [3.8, 4) is 0 Å². The molecule has 0 aliphatic rings. The number of hydrogen-bond acceptors (Lipinski definition) is 4. The fraction of sp³-hybridized carbons (Fsp3) is 0.727. The zero-order chi connectivity index (χ0) is 15.9. The largest absolute Gasteiger partial charge is 0.413 e. The van der Waals surface area contributed by atoms with E-state index in [4.69, 9.17) is 0 Å². The molecule has 0 amide bonds. The van der Waals surface area contributed by atoms with Gasteiger partial charge in [-0.05, 0) is 34.6 Å². The SMILES string of the molecule is Cc1nn(C(C)(C)C)c(C)c1S(=O)(=O)OCC(F)(F)F. The Morgan fingerprint density at radius 2 is 1.70 bits per heavy atom. The lowest BCUT2D eigenvalue weighted by Crippen LogP contribution is -2.25. The Kier molecular flexibility index (Phi) is 4.27. The van der Waals surface area contributed by atoms with Gasteiger partial charge in [0.25, 0.3) is 0 Å². The van der Waals surface area contributed by atoms with E-state index in [2.05, 4.69) is 9.28 Å². The van der Waals surface area contributed by atoms with E-state index in [9.17, 15) is 21.6 Å². The summed E-state index contributed by atoms with van der Waals surface area (Å²) >= 11 is 0. The maximum atomic E-state index is 12.1. The number of halogens is 3. The fourth-order valence-electron chi connectivity index (χ4n) is 1.85. The maximum absolute atomic E-state index is 12.1. The molecule has 9 heteroatoms. The van der Waals surface area contributed by atoms with Crippen LogP contribution in [-0.2, 0) is 19.8 Å². The summed E-state index contributed by atoms with van der Waals surface area (Å²) in [6.07, 6.45) is -4.71. The average molecular weight is 314 g/mol. The monoisotopic (exact) mass is 314 g/mol. The molecule has 0 unspecified atom stereocenters. The van der Waals surface area contributed by atoms with Crippen LogP contribution in [0.5, 0.6) is 0 Å². The fourth-order valence-corrected chi connectivity index (χ4v) is 3.10. The smallest absolute Gasteiger partial charge is 0.263 e. The first-order valence-electron chi connectivity index (χ1n) is 5.78. The summed E-state index contributed by atoms with van der Waals surface area (Å²) in [6, 6.07) is 0. The molecule has 0 bridgehead atoms. The molecule has 116 valence electrons. The number of hydrogen-bond donors (Lipinski definition) is 0. The lowest BCUT2D eigenvalue weighted by molar-refractivity contribution is -0.152. The Labute approximate surface area is 115 Å². The highest BCUT2D eigenvalue weighted by Gasteiger charge is 2.34. The Hall–Kier alpha value is -1.09. The van der Waals surface area contributed by atoms with Crippen LogP contribution in [0.4, 0.5) is 13.2 Å². The number of alkyl halides is 3. The third-order valence-corrected chi connectivity index (χ3v) is 4.01. The van der Waals surface area contributed by atoms with E-state index in [1.165, 1.54) is 18.5 Å². The first-order valence-corrected chi connectivity index (χ1v) is 7.19. The van der Waals surface area contributed by atoms with Crippen LogP contribution in [0, 0.1) is 13.8 Å². The topological polar surface area (TPSA) is 61.2 Å². The molecule has 0 fully saturated rings. The molecule has 0 radical (unpaired) electrons. The van der Waals surface area contributed by atoms with Crippen LogP contribution in [0.25, 0.3) is 0 Å². The Morgan fingerprint density at radius 1 is 1.20 bits per heavy atom. The second-order valence-electron chi connectivity index (χ2n) is 5.41. The van der Waals surface area contributed by atoms with Crippen molar-refractivity contribution in [3.63, 3.8) is 0 Å². The Balaban J connectivity index is 3.24. The quantitative estimate of drug-likeness (QED) is 0.804. The highest BCUT2D eigenvalue weighted by molar-refractivity contribution is 7.86. The summed E-state index contributed by atoms with van der Waals surface area (Å²) in [5.41, 5.74) is -0.135. The molecule has 1 heterocycles. The predicted octanol–water partition coefficient (Wildman–Crippen LogP) is 2.52. The van der Waals surface area contributed by atoms with E-state index in [1.54, 1.807) is 20.8 Å². The normalized spacial score (nSPS) is 13.8. The third-order valence-electron chi connectivity index (χ3n) is 2.49. The number of aryl methyl sites for hydroxylation is 1. The lowest BCUT2D eigenvalue weighted by atomic mass is 10.1. The zero-order valence-corrected chi connectivity index (χ0v) is 12.7. The predicted molar refractivity (Wildman–Crippen MR) is 65.9 cm³/mol. The Bertz CT molecular complexity index is 598. The van der Waals surface area contributed by atoms with Gasteiger partial charge in [-0.15, -0.1) is 0 Å². The van der Waals surface area contributed by atoms with E-state index < -0.39 is 28.4 Å². The molecule has 0 saturated heterocycles. The minimum atomic E-state index is -4.71. The molecular weight excluding hydrogens is 297 g/mol. The molecule has 0 spiro atoms. The van der Waals surface area contributed by atoms with Gasteiger partial charge in [0.15, 0.2) is 6.61 Å². The van der Waals surface area contributed by atoms with Gasteiger partial charge in [0.05, 0.1) is 16.9 Å². The average Bonchev–Trinajstić information content (AvgIpc) is 2.50. The lowest BCUT2D eigenvalue weighted by Gasteiger charge is -2.21.